The molecule has 3 unspecified atom stereocenters. The SMILES string of the molecule is CC1CCC(CCCCCCCCCCC2CCC(C=O)CC2)C(C)C1. The van der Waals surface area contributed by atoms with Gasteiger partial charge in [0, 0.05) is 5.92 Å². The van der Waals surface area contributed by atoms with Gasteiger partial charge in [0.05, 0.1) is 0 Å². The summed E-state index contributed by atoms with van der Waals surface area (Å²) in [6.45, 7) is 4.93. The summed E-state index contributed by atoms with van der Waals surface area (Å²) in [6.07, 6.45) is 25.1. The van der Waals surface area contributed by atoms with Gasteiger partial charge in [-0.25, -0.2) is 0 Å². The molecule has 0 spiro atoms. The molecule has 0 aromatic heterocycles. The minimum absolute atomic E-state index is 0.385. The first kappa shape index (κ1) is 22.0. The topological polar surface area (TPSA) is 17.1 Å². The maximum Gasteiger partial charge on any atom is 0.123 e. The fraction of sp³-hybridized carbons (Fsp3) is 0.960. The first-order valence-electron chi connectivity index (χ1n) is 12.1. The molecule has 0 N–H and O–H groups in total. The van der Waals surface area contributed by atoms with Crippen molar-refractivity contribution in [2.45, 2.75) is 123 Å². The van der Waals surface area contributed by atoms with Crippen molar-refractivity contribution in [2.24, 2.45) is 29.6 Å². The third-order valence-electron chi connectivity index (χ3n) is 7.63. The van der Waals surface area contributed by atoms with Gasteiger partial charge in [0.25, 0.3) is 0 Å². The molecule has 1 heteroatoms. The second-order valence-corrected chi connectivity index (χ2v) is 9.98. The van der Waals surface area contributed by atoms with Crippen LogP contribution in [-0.2, 0) is 4.79 Å². The summed E-state index contributed by atoms with van der Waals surface area (Å²) in [5.74, 6) is 4.31. The molecule has 2 fully saturated rings. The summed E-state index contributed by atoms with van der Waals surface area (Å²) < 4.78 is 0. The van der Waals surface area contributed by atoms with Gasteiger partial charge in [-0.3, -0.25) is 0 Å². The maximum absolute atomic E-state index is 10.8. The molecule has 0 aromatic carbocycles. The minimum atomic E-state index is 0.385. The Morgan fingerprint density at radius 2 is 1.27 bits per heavy atom. The van der Waals surface area contributed by atoms with Crippen LogP contribution in [0.25, 0.3) is 0 Å². The van der Waals surface area contributed by atoms with E-state index in [-0.39, 0.29) is 0 Å². The molecule has 2 aliphatic carbocycles. The summed E-state index contributed by atoms with van der Waals surface area (Å²) >= 11 is 0. The van der Waals surface area contributed by atoms with Gasteiger partial charge in [0.1, 0.15) is 6.29 Å². The van der Waals surface area contributed by atoms with Crippen LogP contribution >= 0.6 is 0 Å². The van der Waals surface area contributed by atoms with E-state index in [1.807, 2.05) is 0 Å². The molecule has 3 atom stereocenters. The standard InChI is InChI=1S/C25H46O/c1-21-13-18-25(22(2)19-21)12-10-8-6-4-3-5-7-9-11-23-14-16-24(20-26)17-15-23/h20-25H,3-19H2,1-2H3. The van der Waals surface area contributed by atoms with E-state index in [0.717, 1.165) is 36.5 Å². The zero-order valence-corrected chi connectivity index (χ0v) is 17.9. The third-order valence-corrected chi connectivity index (χ3v) is 7.63. The van der Waals surface area contributed by atoms with Crippen molar-refractivity contribution in [1.82, 2.24) is 0 Å². The molecule has 0 aromatic rings. The van der Waals surface area contributed by atoms with Gasteiger partial charge in [-0.15, -0.1) is 0 Å². The molecular formula is C25H46O. The third kappa shape index (κ3) is 8.57. The van der Waals surface area contributed by atoms with Crippen molar-refractivity contribution >= 4 is 6.29 Å². The Hall–Kier alpha value is -0.330. The smallest absolute Gasteiger partial charge is 0.123 e. The van der Waals surface area contributed by atoms with E-state index in [1.165, 1.54) is 103 Å². The lowest BCUT2D eigenvalue weighted by Gasteiger charge is -2.32. The van der Waals surface area contributed by atoms with Crippen LogP contribution in [0, 0.1) is 29.6 Å². The quantitative estimate of drug-likeness (QED) is 0.254. The second-order valence-electron chi connectivity index (χ2n) is 9.98. The number of carbonyl (C=O) groups is 1. The van der Waals surface area contributed by atoms with Crippen molar-refractivity contribution in [3.05, 3.63) is 0 Å². The van der Waals surface area contributed by atoms with Crippen molar-refractivity contribution in [3.8, 4) is 0 Å². The Morgan fingerprint density at radius 3 is 1.85 bits per heavy atom. The summed E-state index contributed by atoms with van der Waals surface area (Å²) in [6, 6.07) is 0. The molecular weight excluding hydrogens is 316 g/mol. The predicted octanol–water partition coefficient (Wildman–Crippen LogP) is 7.97. The summed E-state index contributed by atoms with van der Waals surface area (Å²) in [5.41, 5.74) is 0. The Morgan fingerprint density at radius 1 is 0.692 bits per heavy atom. The van der Waals surface area contributed by atoms with Gasteiger partial charge in [-0.05, 0) is 62.2 Å². The fourth-order valence-electron chi connectivity index (χ4n) is 5.67. The molecule has 26 heavy (non-hydrogen) atoms. The van der Waals surface area contributed by atoms with Crippen LogP contribution in [0.5, 0.6) is 0 Å². The number of hydrogen-bond donors (Lipinski definition) is 0. The molecule has 0 radical (unpaired) electrons. The van der Waals surface area contributed by atoms with Gasteiger partial charge >= 0.3 is 0 Å². The average Bonchev–Trinajstić information content (AvgIpc) is 2.65. The van der Waals surface area contributed by atoms with Crippen LogP contribution in [0.1, 0.15) is 123 Å². The first-order chi connectivity index (χ1) is 12.7. The van der Waals surface area contributed by atoms with E-state index in [1.54, 1.807) is 0 Å². The molecule has 0 saturated heterocycles. The van der Waals surface area contributed by atoms with Crippen LogP contribution in [-0.4, -0.2) is 6.29 Å². The van der Waals surface area contributed by atoms with E-state index in [9.17, 15) is 4.79 Å². The molecule has 2 aliphatic rings. The highest BCUT2D eigenvalue weighted by Gasteiger charge is 2.24. The lowest BCUT2D eigenvalue weighted by molar-refractivity contribution is -0.112. The highest BCUT2D eigenvalue weighted by molar-refractivity contribution is 5.53. The number of hydrogen-bond acceptors (Lipinski definition) is 1. The first-order valence-corrected chi connectivity index (χ1v) is 12.1. The molecule has 0 aliphatic heterocycles. The van der Waals surface area contributed by atoms with Crippen LogP contribution in [0.2, 0.25) is 0 Å². The van der Waals surface area contributed by atoms with E-state index in [0.29, 0.717) is 5.92 Å². The van der Waals surface area contributed by atoms with Gasteiger partial charge < -0.3 is 4.79 Å². The average molecular weight is 363 g/mol. The molecule has 152 valence electrons. The zero-order chi connectivity index (χ0) is 18.6. The van der Waals surface area contributed by atoms with Gasteiger partial charge in [-0.1, -0.05) is 84.5 Å². The summed E-state index contributed by atoms with van der Waals surface area (Å²) in [4.78, 5) is 10.8. The Kier molecular flexibility index (Phi) is 10.9. The highest BCUT2D eigenvalue weighted by Crippen LogP contribution is 2.36. The maximum atomic E-state index is 10.8. The van der Waals surface area contributed by atoms with E-state index < -0.39 is 0 Å². The van der Waals surface area contributed by atoms with Gasteiger partial charge in [0.2, 0.25) is 0 Å². The molecule has 2 rings (SSSR count). The lowest BCUT2D eigenvalue weighted by atomic mass is 9.73. The largest absolute Gasteiger partial charge is 0.303 e. The van der Waals surface area contributed by atoms with Crippen molar-refractivity contribution in [2.75, 3.05) is 0 Å². The molecule has 2 saturated carbocycles. The van der Waals surface area contributed by atoms with Crippen molar-refractivity contribution in [3.63, 3.8) is 0 Å². The number of rotatable bonds is 12. The van der Waals surface area contributed by atoms with Crippen molar-refractivity contribution < 1.29 is 4.79 Å². The zero-order valence-electron chi connectivity index (χ0n) is 17.9. The molecule has 0 heterocycles. The summed E-state index contributed by atoms with van der Waals surface area (Å²) in [7, 11) is 0. The molecule has 0 amide bonds. The van der Waals surface area contributed by atoms with E-state index in [2.05, 4.69) is 13.8 Å². The molecule has 0 bridgehead atoms. The fourth-order valence-corrected chi connectivity index (χ4v) is 5.67. The Balaban J connectivity index is 1.34. The monoisotopic (exact) mass is 362 g/mol. The van der Waals surface area contributed by atoms with Crippen LogP contribution < -0.4 is 0 Å². The molecule has 1 nitrogen and oxygen atoms in total. The lowest BCUT2D eigenvalue weighted by Crippen LogP contribution is -2.21. The highest BCUT2D eigenvalue weighted by atomic mass is 16.1. The van der Waals surface area contributed by atoms with Gasteiger partial charge in [-0.2, -0.15) is 0 Å². The Labute approximate surface area is 164 Å². The summed E-state index contributed by atoms with van der Waals surface area (Å²) in [5, 5.41) is 0. The second kappa shape index (κ2) is 12.9. The number of aldehydes is 1. The van der Waals surface area contributed by atoms with E-state index >= 15 is 0 Å². The predicted molar refractivity (Wildman–Crippen MR) is 113 cm³/mol. The Bertz CT molecular complexity index is 355. The van der Waals surface area contributed by atoms with Gasteiger partial charge in [0.15, 0.2) is 0 Å². The minimum Gasteiger partial charge on any atom is -0.303 e. The number of unbranched alkanes of at least 4 members (excludes halogenated alkanes) is 7. The number of carbonyl (C=O) groups excluding carboxylic acids is 1. The van der Waals surface area contributed by atoms with Crippen LogP contribution in [0.15, 0.2) is 0 Å². The van der Waals surface area contributed by atoms with Crippen LogP contribution in [0.4, 0.5) is 0 Å². The van der Waals surface area contributed by atoms with Crippen molar-refractivity contribution in [1.29, 1.82) is 0 Å². The van der Waals surface area contributed by atoms with E-state index in [4.69, 9.17) is 0 Å². The normalized spacial score (nSPS) is 32.5. The van der Waals surface area contributed by atoms with Crippen LogP contribution in [0.3, 0.4) is 0 Å².